The number of hydrogen-bond donors (Lipinski definition) is 1. The van der Waals surface area contributed by atoms with Crippen LogP contribution in [0.2, 0.25) is 5.02 Å². The SMILES string of the molecule is CCCN(CC(=O)O)S(=O)(=O)c1cccc(Cl)c1C#N. The van der Waals surface area contributed by atoms with Gasteiger partial charge in [-0.3, -0.25) is 4.79 Å². The molecule has 108 valence electrons. The average molecular weight is 317 g/mol. The number of carboxylic acids is 1. The van der Waals surface area contributed by atoms with Gasteiger partial charge < -0.3 is 5.11 Å². The van der Waals surface area contributed by atoms with E-state index in [-0.39, 0.29) is 22.0 Å². The van der Waals surface area contributed by atoms with Crippen molar-refractivity contribution in [2.24, 2.45) is 0 Å². The van der Waals surface area contributed by atoms with Crippen LogP contribution in [0.3, 0.4) is 0 Å². The van der Waals surface area contributed by atoms with Gasteiger partial charge in [-0.25, -0.2) is 8.42 Å². The van der Waals surface area contributed by atoms with Crippen molar-refractivity contribution < 1.29 is 18.3 Å². The molecule has 0 unspecified atom stereocenters. The van der Waals surface area contributed by atoms with Crippen LogP contribution in [0.25, 0.3) is 0 Å². The third-order valence-electron chi connectivity index (χ3n) is 2.49. The lowest BCUT2D eigenvalue weighted by molar-refractivity contribution is -0.137. The molecule has 0 aliphatic carbocycles. The van der Waals surface area contributed by atoms with E-state index in [0.717, 1.165) is 4.31 Å². The number of benzene rings is 1. The second kappa shape index (κ2) is 6.70. The topological polar surface area (TPSA) is 98.5 Å². The molecular weight excluding hydrogens is 304 g/mol. The van der Waals surface area contributed by atoms with Crippen molar-refractivity contribution >= 4 is 27.6 Å². The van der Waals surface area contributed by atoms with Crippen molar-refractivity contribution in [3.8, 4) is 6.07 Å². The Hall–Kier alpha value is -1.62. The number of sulfonamides is 1. The van der Waals surface area contributed by atoms with E-state index in [1.807, 2.05) is 0 Å². The lowest BCUT2D eigenvalue weighted by Crippen LogP contribution is -2.36. The first-order valence-corrected chi connectivity index (χ1v) is 7.57. The predicted molar refractivity (Wildman–Crippen MR) is 72.9 cm³/mol. The summed E-state index contributed by atoms with van der Waals surface area (Å²) in [7, 11) is -4.08. The lowest BCUT2D eigenvalue weighted by Gasteiger charge is -2.20. The van der Waals surface area contributed by atoms with E-state index in [2.05, 4.69) is 0 Å². The van der Waals surface area contributed by atoms with Gasteiger partial charge in [0.2, 0.25) is 10.0 Å². The molecule has 0 bridgehead atoms. The third kappa shape index (κ3) is 3.48. The van der Waals surface area contributed by atoms with Crippen LogP contribution in [0.1, 0.15) is 18.9 Å². The molecular formula is C12H13ClN2O4S. The van der Waals surface area contributed by atoms with Crippen LogP contribution < -0.4 is 0 Å². The van der Waals surface area contributed by atoms with Crippen LogP contribution in [0.15, 0.2) is 23.1 Å². The molecule has 1 rings (SSSR count). The second-order valence-electron chi connectivity index (χ2n) is 3.96. The molecule has 0 saturated carbocycles. The van der Waals surface area contributed by atoms with Crippen LogP contribution in [0.5, 0.6) is 0 Å². The minimum Gasteiger partial charge on any atom is -0.480 e. The van der Waals surface area contributed by atoms with E-state index < -0.39 is 22.5 Å². The van der Waals surface area contributed by atoms with Crippen LogP contribution >= 0.6 is 11.6 Å². The Kier molecular flexibility index (Phi) is 5.51. The Balaban J connectivity index is 3.37. The van der Waals surface area contributed by atoms with Gasteiger partial charge in [-0.15, -0.1) is 0 Å². The van der Waals surface area contributed by atoms with Gasteiger partial charge in [0.15, 0.2) is 0 Å². The van der Waals surface area contributed by atoms with Crippen LogP contribution in [-0.2, 0) is 14.8 Å². The number of carboxylic acid groups (broad SMARTS) is 1. The Labute approximate surface area is 122 Å². The maximum absolute atomic E-state index is 12.4. The number of nitrogens with zero attached hydrogens (tertiary/aromatic N) is 2. The highest BCUT2D eigenvalue weighted by Gasteiger charge is 2.29. The summed E-state index contributed by atoms with van der Waals surface area (Å²) >= 11 is 5.80. The Bertz CT molecular complexity index is 652. The van der Waals surface area contributed by atoms with Gasteiger partial charge >= 0.3 is 5.97 Å². The van der Waals surface area contributed by atoms with Crippen LogP contribution in [0.4, 0.5) is 0 Å². The van der Waals surface area contributed by atoms with Crippen molar-refractivity contribution in [2.75, 3.05) is 13.1 Å². The number of hydrogen-bond acceptors (Lipinski definition) is 4. The van der Waals surface area contributed by atoms with Crippen molar-refractivity contribution in [3.05, 3.63) is 28.8 Å². The monoisotopic (exact) mass is 316 g/mol. The summed E-state index contributed by atoms with van der Waals surface area (Å²) < 4.78 is 25.7. The van der Waals surface area contributed by atoms with Gasteiger partial charge in [0, 0.05) is 6.54 Å². The largest absolute Gasteiger partial charge is 0.480 e. The first-order valence-electron chi connectivity index (χ1n) is 5.75. The van der Waals surface area contributed by atoms with Crippen molar-refractivity contribution in [2.45, 2.75) is 18.2 Å². The van der Waals surface area contributed by atoms with Crippen molar-refractivity contribution in [1.29, 1.82) is 5.26 Å². The molecule has 0 aromatic heterocycles. The van der Waals surface area contributed by atoms with Gasteiger partial charge in [-0.05, 0) is 18.6 Å². The zero-order chi connectivity index (χ0) is 15.3. The fraction of sp³-hybridized carbons (Fsp3) is 0.333. The molecule has 1 aromatic carbocycles. The molecule has 1 aromatic rings. The smallest absolute Gasteiger partial charge is 0.318 e. The molecule has 6 nitrogen and oxygen atoms in total. The molecule has 0 heterocycles. The van der Waals surface area contributed by atoms with Gasteiger partial charge in [-0.2, -0.15) is 9.57 Å². The summed E-state index contributed by atoms with van der Waals surface area (Å²) in [6.07, 6.45) is 0.453. The number of rotatable bonds is 6. The fourth-order valence-corrected chi connectivity index (χ4v) is 3.57. The molecule has 1 N–H and O–H groups in total. The molecule has 0 radical (unpaired) electrons. The van der Waals surface area contributed by atoms with Gasteiger partial charge in [0.25, 0.3) is 0 Å². The third-order valence-corrected chi connectivity index (χ3v) is 4.69. The number of halogens is 1. The van der Waals surface area contributed by atoms with E-state index in [0.29, 0.717) is 6.42 Å². The molecule has 0 saturated heterocycles. The number of carbonyl (C=O) groups is 1. The zero-order valence-corrected chi connectivity index (χ0v) is 12.3. The summed E-state index contributed by atoms with van der Waals surface area (Å²) in [5.74, 6) is -1.26. The molecule has 8 heteroatoms. The van der Waals surface area contributed by atoms with Crippen LogP contribution in [0, 0.1) is 11.3 Å². The first kappa shape index (κ1) is 16.4. The Morgan fingerprint density at radius 1 is 1.50 bits per heavy atom. The van der Waals surface area contributed by atoms with E-state index in [1.54, 1.807) is 13.0 Å². The molecule has 0 aliphatic heterocycles. The highest BCUT2D eigenvalue weighted by Crippen LogP contribution is 2.25. The fourth-order valence-electron chi connectivity index (χ4n) is 1.65. The van der Waals surface area contributed by atoms with Crippen molar-refractivity contribution in [1.82, 2.24) is 4.31 Å². The van der Waals surface area contributed by atoms with E-state index in [9.17, 15) is 13.2 Å². The minimum atomic E-state index is -4.08. The van der Waals surface area contributed by atoms with E-state index >= 15 is 0 Å². The van der Waals surface area contributed by atoms with E-state index in [4.69, 9.17) is 22.0 Å². The van der Waals surface area contributed by atoms with Gasteiger partial charge in [0.05, 0.1) is 10.6 Å². The quantitative estimate of drug-likeness (QED) is 0.861. The van der Waals surface area contributed by atoms with E-state index in [1.165, 1.54) is 18.2 Å². The van der Waals surface area contributed by atoms with Gasteiger partial charge in [-0.1, -0.05) is 24.6 Å². The molecule has 0 amide bonds. The highest BCUT2D eigenvalue weighted by molar-refractivity contribution is 7.89. The standard InChI is InChI=1S/C12H13ClN2O4S/c1-2-6-15(8-12(16)17)20(18,19)11-5-3-4-10(13)9(11)7-14/h3-5H,2,6,8H2,1H3,(H,16,17). The number of nitriles is 1. The Morgan fingerprint density at radius 2 is 2.15 bits per heavy atom. The maximum Gasteiger partial charge on any atom is 0.318 e. The summed E-state index contributed by atoms with van der Waals surface area (Å²) in [6.45, 7) is 1.12. The summed E-state index contributed by atoms with van der Waals surface area (Å²) in [6, 6.07) is 5.78. The number of aliphatic carboxylic acids is 1. The molecule has 20 heavy (non-hydrogen) atoms. The summed E-state index contributed by atoms with van der Waals surface area (Å²) in [4.78, 5) is 10.5. The molecule has 0 fully saturated rings. The average Bonchev–Trinajstić information content (AvgIpc) is 2.37. The minimum absolute atomic E-state index is 0.0142. The zero-order valence-electron chi connectivity index (χ0n) is 10.7. The second-order valence-corrected chi connectivity index (χ2v) is 6.27. The summed E-state index contributed by atoms with van der Waals surface area (Å²) in [5, 5.41) is 17.8. The molecule has 0 aliphatic rings. The lowest BCUT2D eigenvalue weighted by atomic mass is 10.2. The molecule has 0 spiro atoms. The van der Waals surface area contributed by atoms with Crippen molar-refractivity contribution in [3.63, 3.8) is 0 Å². The summed E-state index contributed by atoms with van der Waals surface area (Å²) in [5.41, 5.74) is -0.180. The normalized spacial score (nSPS) is 11.3. The first-order chi connectivity index (χ1) is 9.34. The van der Waals surface area contributed by atoms with Gasteiger partial charge in [0.1, 0.15) is 17.5 Å². The highest BCUT2D eigenvalue weighted by atomic mass is 35.5. The maximum atomic E-state index is 12.4. The van der Waals surface area contributed by atoms with Crippen LogP contribution in [-0.4, -0.2) is 36.9 Å². The predicted octanol–water partition coefficient (Wildman–Crippen LogP) is 1.70. The Morgan fingerprint density at radius 3 is 2.65 bits per heavy atom. The molecule has 0 atom stereocenters.